The molecule has 0 aliphatic heterocycles. The van der Waals surface area contributed by atoms with Crippen molar-refractivity contribution in [2.24, 2.45) is 5.92 Å². The van der Waals surface area contributed by atoms with E-state index >= 15 is 0 Å². The Kier molecular flexibility index (Phi) is 2.69. The van der Waals surface area contributed by atoms with Crippen molar-refractivity contribution in [3.8, 4) is 0 Å². The van der Waals surface area contributed by atoms with Gasteiger partial charge < -0.3 is 5.11 Å². The molecule has 1 N–H and O–H groups in total. The molecule has 0 aromatic heterocycles. The van der Waals surface area contributed by atoms with Gasteiger partial charge in [-0.2, -0.15) is 0 Å². The summed E-state index contributed by atoms with van der Waals surface area (Å²) in [4.78, 5) is 10.8. The van der Waals surface area contributed by atoms with Gasteiger partial charge in [-0.05, 0) is 24.3 Å². The van der Waals surface area contributed by atoms with Gasteiger partial charge in [-0.25, -0.2) is 4.79 Å². The molecule has 0 fully saturated rings. The Hall–Kier alpha value is -1.05. The SMILES string of the molecule is CC(C)C1=C(C(=O)O)CCC=C1. The fourth-order valence-electron chi connectivity index (χ4n) is 1.45. The Bertz CT molecular complexity index is 247. The van der Waals surface area contributed by atoms with Gasteiger partial charge in [0.2, 0.25) is 0 Å². The normalized spacial score (nSPS) is 17.2. The number of allylic oxidation sites excluding steroid dienone is 3. The van der Waals surface area contributed by atoms with E-state index in [4.69, 9.17) is 5.11 Å². The summed E-state index contributed by atoms with van der Waals surface area (Å²) in [6, 6.07) is 0. The summed E-state index contributed by atoms with van der Waals surface area (Å²) in [5.74, 6) is -0.448. The maximum absolute atomic E-state index is 10.8. The summed E-state index contributed by atoms with van der Waals surface area (Å²) in [6.07, 6.45) is 5.52. The lowest BCUT2D eigenvalue weighted by Crippen LogP contribution is -2.09. The van der Waals surface area contributed by atoms with Crippen LogP contribution in [0.4, 0.5) is 0 Å². The summed E-state index contributed by atoms with van der Waals surface area (Å²) in [6.45, 7) is 4.04. The van der Waals surface area contributed by atoms with Crippen molar-refractivity contribution in [1.29, 1.82) is 0 Å². The van der Waals surface area contributed by atoms with Crippen LogP contribution < -0.4 is 0 Å². The van der Waals surface area contributed by atoms with Crippen molar-refractivity contribution in [1.82, 2.24) is 0 Å². The maximum Gasteiger partial charge on any atom is 0.331 e. The summed E-state index contributed by atoms with van der Waals surface area (Å²) in [5.41, 5.74) is 1.57. The van der Waals surface area contributed by atoms with Crippen molar-refractivity contribution in [2.75, 3.05) is 0 Å². The zero-order valence-corrected chi connectivity index (χ0v) is 7.50. The van der Waals surface area contributed by atoms with E-state index in [-0.39, 0.29) is 0 Å². The molecule has 12 heavy (non-hydrogen) atoms. The minimum Gasteiger partial charge on any atom is -0.478 e. The molecule has 0 aromatic rings. The van der Waals surface area contributed by atoms with Crippen molar-refractivity contribution in [3.05, 3.63) is 23.3 Å². The molecule has 0 heterocycles. The average molecular weight is 166 g/mol. The Morgan fingerprint density at radius 1 is 1.58 bits per heavy atom. The monoisotopic (exact) mass is 166 g/mol. The minimum absolute atomic E-state index is 0.313. The van der Waals surface area contributed by atoms with Crippen LogP contribution in [-0.2, 0) is 4.79 Å². The largest absolute Gasteiger partial charge is 0.478 e. The van der Waals surface area contributed by atoms with Crippen LogP contribution in [0, 0.1) is 5.92 Å². The summed E-state index contributed by atoms with van der Waals surface area (Å²) >= 11 is 0. The van der Waals surface area contributed by atoms with Crippen LogP contribution >= 0.6 is 0 Å². The number of rotatable bonds is 2. The van der Waals surface area contributed by atoms with Crippen LogP contribution in [0.5, 0.6) is 0 Å². The van der Waals surface area contributed by atoms with Crippen molar-refractivity contribution < 1.29 is 9.90 Å². The molecular weight excluding hydrogens is 152 g/mol. The molecule has 0 saturated carbocycles. The van der Waals surface area contributed by atoms with E-state index < -0.39 is 5.97 Å². The molecule has 0 bridgehead atoms. The van der Waals surface area contributed by atoms with Gasteiger partial charge >= 0.3 is 5.97 Å². The van der Waals surface area contributed by atoms with E-state index in [0.29, 0.717) is 17.9 Å². The predicted molar refractivity (Wildman–Crippen MR) is 47.9 cm³/mol. The highest BCUT2D eigenvalue weighted by atomic mass is 16.4. The molecule has 2 heteroatoms. The molecule has 66 valence electrons. The number of carbonyl (C=O) groups is 1. The Labute approximate surface area is 72.6 Å². The molecule has 0 atom stereocenters. The predicted octanol–water partition coefficient (Wildman–Crippen LogP) is 2.37. The maximum atomic E-state index is 10.8. The van der Waals surface area contributed by atoms with E-state index in [9.17, 15) is 4.79 Å². The number of hydrogen-bond acceptors (Lipinski definition) is 1. The van der Waals surface area contributed by atoms with Gasteiger partial charge in [0.15, 0.2) is 0 Å². The van der Waals surface area contributed by atoms with Gasteiger partial charge in [-0.3, -0.25) is 0 Å². The van der Waals surface area contributed by atoms with Gasteiger partial charge in [0, 0.05) is 5.57 Å². The standard InChI is InChI=1S/C10H14O2/c1-7(2)8-5-3-4-6-9(8)10(11)12/h3,5,7H,4,6H2,1-2H3,(H,11,12). The van der Waals surface area contributed by atoms with E-state index in [2.05, 4.69) is 0 Å². The summed E-state index contributed by atoms with van der Waals surface area (Å²) in [7, 11) is 0. The lowest BCUT2D eigenvalue weighted by Gasteiger charge is -2.15. The summed E-state index contributed by atoms with van der Waals surface area (Å²) in [5, 5.41) is 8.87. The second kappa shape index (κ2) is 3.57. The molecule has 0 saturated heterocycles. The number of carboxylic acid groups (broad SMARTS) is 1. The third-order valence-electron chi connectivity index (χ3n) is 2.09. The third kappa shape index (κ3) is 1.76. The molecule has 1 aliphatic rings. The Balaban J connectivity index is 3.00. The topological polar surface area (TPSA) is 37.3 Å². The van der Waals surface area contributed by atoms with Crippen LogP contribution in [-0.4, -0.2) is 11.1 Å². The van der Waals surface area contributed by atoms with Gasteiger partial charge in [-0.15, -0.1) is 0 Å². The molecule has 1 rings (SSSR count). The van der Waals surface area contributed by atoms with Crippen LogP contribution in [0.25, 0.3) is 0 Å². The molecule has 0 amide bonds. The number of hydrogen-bond donors (Lipinski definition) is 1. The van der Waals surface area contributed by atoms with E-state index in [1.165, 1.54) is 0 Å². The highest BCUT2D eigenvalue weighted by Crippen LogP contribution is 2.24. The van der Waals surface area contributed by atoms with Crippen LogP contribution in [0.2, 0.25) is 0 Å². The van der Waals surface area contributed by atoms with Crippen LogP contribution in [0.1, 0.15) is 26.7 Å². The Morgan fingerprint density at radius 2 is 2.25 bits per heavy atom. The minimum atomic E-state index is -0.761. The van der Waals surface area contributed by atoms with Crippen LogP contribution in [0.15, 0.2) is 23.3 Å². The van der Waals surface area contributed by atoms with Gasteiger partial charge in [0.05, 0.1) is 0 Å². The molecule has 0 radical (unpaired) electrons. The highest BCUT2D eigenvalue weighted by molar-refractivity contribution is 5.88. The highest BCUT2D eigenvalue weighted by Gasteiger charge is 2.16. The number of aliphatic carboxylic acids is 1. The first kappa shape index (κ1) is 9.04. The number of carboxylic acids is 1. The zero-order chi connectivity index (χ0) is 9.14. The first-order valence-electron chi connectivity index (χ1n) is 4.25. The second-order valence-corrected chi connectivity index (χ2v) is 3.33. The van der Waals surface area contributed by atoms with E-state index in [0.717, 1.165) is 12.0 Å². The molecule has 0 spiro atoms. The first-order valence-corrected chi connectivity index (χ1v) is 4.25. The molecule has 0 aromatic carbocycles. The Morgan fingerprint density at radius 3 is 2.67 bits per heavy atom. The first-order chi connectivity index (χ1) is 5.63. The van der Waals surface area contributed by atoms with Crippen molar-refractivity contribution in [2.45, 2.75) is 26.7 Å². The van der Waals surface area contributed by atoms with Gasteiger partial charge in [0.25, 0.3) is 0 Å². The fourth-order valence-corrected chi connectivity index (χ4v) is 1.45. The average Bonchev–Trinajstić information content (AvgIpc) is 2.04. The fraction of sp³-hybridized carbons (Fsp3) is 0.500. The van der Waals surface area contributed by atoms with Crippen molar-refractivity contribution in [3.63, 3.8) is 0 Å². The van der Waals surface area contributed by atoms with E-state index in [1.54, 1.807) is 0 Å². The zero-order valence-electron chi connectivity index (χ0n) is 7.50. The molecular formula is C10H14O2. The second-order valence-electron chi connectivity index (χ2n) is 3.33. The lowest BCUT2D eigenvalue weighted by molar-refractivity contribution is -0.132. The molecule has 2 nitrogen and oxygen atoms in total. The van der Waals surface area contributed by atoms with Gasteiger partial charge in [-0.1, -0.05) is 26.0 Å². The lowest BCUT2D eigenvalue weighted by atomic mass is 9.90. The van der Waals surface area contributed by atoms with Crippen molar-refractivity contribution >= 4 is 5.97 Å². The smallest absolute Gasteiger partial charge is 0.331 e. The molecule has 1 aliphatic carbocycles. The van der Waals surface area contributed by atoms with E-state index in [1.807, 2.05) is 26.0 Å². The molecule has 0 unspecified atom stereocenters. The van der Waals surface area contributed by atoms with Crippen LogP contribution in [0.3, 0.4) is 0 Å². The van der Waals surface area contributed by atoms with Gasteiger partial charge in [0.1, 0.15) is 0 Å². The quantitative estimate of drug-likeness (QED) is 0.683. The third-order valence-corrected chi connectivity index (χ3v) is 2.09. The summed E-state index contributed by atoms with van der Waals surface area (Å²) < 4.78 is 0.